The van der Waals surface area contributed by atoms with Crippen molar-refractivity contribution in [2.24, 2.45) is 5.92 Å². The molecule has 0 bridgehead atoms. The van der Waals surface area contributed by atoms with Gasteiger partial charge in [-0.15, -0.1) is 0 Å². The highest BCUT2D eigenvalue weighted by Crippen LogP contribution is 2.42. The van der Waals surface area contributed by atoms with Crippen molar-refractivity contribution < 1.29 is 9.31 Å². The molecule has 1 atom stereocenters. The fraction of sp³-hybridized carbons (Fsp3) is 0.625. The van der Waals surface area contributed by atoms with Gasteiger partial charge in [-0.3, -0.25) is 15.0 Å². The van der Waals surface area contributed by atoms with E-state index in [9.17, 15) is 14.5 Å². The second kappa shape index (κ2) is 6.71. The zero-order chi connectivity index (χ0) is 15.5. The van der Waals surface area contributed by atoms with Crippen LogP contribution in [0.3, 0.4) is 0 Å². The molecule has 2 fully saturated rings. The maximum absolute atomic E-state index is 13.8. The molecule has 6 heteroatoms. The lowest BCUT2D eigenvalue weighted by Crippen LogP contribution is -2.46. The van der Waals surface area contributed by atoms with Crippen LogP contribution in [-0.2, 0) is 0 Å². The minimum absolute atomic E-state index is 0.0410. The average Bonchev–Trinajstić information content (AvgIpc) is 3.02. The number of halogens is 1. The minimum Gasteiger partial charge on any atom is -0.314 e. The number of nitro groups is 1. The van der Waals surface area contributed by atoms with Crippen molar-refractivity contribution in [3.8, 4) is 0 Å². The van der Waals surface area contributed by atoms with Crippen LogP contribution in [-0.4, -0.2) is 36.0 Å². The number of hydrogen-bond acceptors (Lipinski definition) is 4. The smallest absolute Gasteiger partial charge is 0.274 e. The van der Waals surface area contributed by atoms with E-state index >= 15 is 0 Å². The molecule has 5 nitrogen and oxygen atoms in total. The monoisotopic (exact) mass is 307 g/mol. The predicted octanol–water partition coefficient (Wildman–Crippen LogP) is 2.87. The van der Waals surface area contributed by atoms with Crippen molar-refractivity contribution in [1.29, 1.82) is 0 Å². The summed E-state index contributed by atoms with van der Waals surface area (Å²) in [5.41, 5.74) is 0.607. The van der Waals surface area contributed by atoms with Gasteiger partial charge in [-0.05, 0) is 30.9 Å². The van der Waals surface area contributed by atoms with Crippen LogP contribution in [0.2, 0.25) is 0 Å². The Hall–Kier alpha value is -1.53. The standard InChI is InChI=1S/C16H22FN3O2/c17-13-5-6-15(20(21)22)14(11-13)16(12-3-1-2-4-12)19-9-7-18-8-10-19/h5-6,11-12,16,18H,1-4,7-10H2/t16-/m0/s1. The van der Waals surface area contributed by atoms with Gasteiger partial charge < -0.3 is 5.32 Å². The zero-order valence-electron chi connectivity index (χ0n) is 12.6. The Morgan fingerprint density at radius 3 is 2.59 bits per heavy atom. The molecule has 2 aliphatic rings. The molecular weight excluding hydrogens is 285 g/mol. The first-order valence-electron chi connectivity index (χ1n) is 8.05. The van der Waals surface area contributed by atoms with Gasteiger partial charge in [-0.25, -0.2) is 4.39 Å². The Balaban J connectivity index is 2.00. The summed E-state index contributed by atoms with van der Waals surface area (Å²) in [6.45, 7) is 3.47. The van der Waals surface area contributed by atoms with Gasteiger partial charge in [0.05, 0.1) is 10.5 Å². The summed E-state index contributed by atoms with van der Waals surface area (Å²) in [6.07, 6.45) is 4.47. The molecule has 1 saturated heterocycles. The van der Waals surface area contributed by atoms with Gasteiger partial charge in [0.15, 0.2) is 0 Å². The Morgan fingerprint density at radius 1 is 1.27 bits per heavy atom. The summed E-state index contributed by atoms with van der Waals surface area (Å²) in [6, 6.07) is 3.84. The van der Waals surface area contributed by atoms with Crippen LogP contribution in [0.1, 0.15) is 37.3 Å². The maximum atomic E-state index is 13.8. The molecule has 0 aromatic heterocycles. The normalized spacial score (nSPS) is 21.9. The zero-order valence-corrected chi connectivity index (χ0v) is 12.6. The molecular formula is C16H22FN3O2. The number of benzene rings is 1. The first-order valence-corrected chi connectivity index (χ1v) is 8.05. The molecule has 1 aliphatic heterocycles. The Kier molecular flexibility index (Phi) is 4.69. The SMILES string of the molecule is O=[N+]([O-])c1ccc(F)cc1[C@H](C1CCCC1)N1CCNCC1. The van der Waals surface area contributed by atoms with Crippen molar-refractivity contribution in [3.63, 3.8) is 0 Å². The van der Waals surface area contributed by atoms with Gasteiger partial charge in [0.25, 0.3) is 5.69 Å². The van der Waals surface area contributed by atoms with Crippen LogP contribution in [0, 0.1) is 21.8 Å². The topological polar surface area (TPSA) is 58.4 Å². The van der Waals surface area contributed by atoms with Crippen molar-refractivity contribution in [2.45, 2.75) is 31.7 Å². The van der Waals surface area contributed by atoms with Gasteiger partial charge in [0.1, 0.15) is 5.82 Å². The fourth-order valence-electron chi connectivity index (χ4n) is 3.91. The molecule has 1 saturated carbocycles. The number of nitrogens with zero attached hydrogens (tertiary/aromatic N) is 2. The van der Waals surface area contributed by atoms with E-state index in [0.29, 0.717) is 11.5 Å². The lowest BCUT2D eigenvalue weighted by Gasteiger charge is -2.38. The molecule has 3 rings (SSSR count). The van der Waals surface area contributed by atoms with Gasteiger partial charge in [-0.1, -0.05) is 12.8 Å². The van der Waals surface area contributed by atoms with Crippen molar-refractivity contribution in [2.75, 3.05) is 26.2 Å². The van der Waals surface area contributed by atoms with Crippen molar-refractivity contribution >= 4 is 5.69 Å². The van der Waals surface area contributed by atoms with Gasteiger partial charge >= 0.3 is 0 Å². The van der Waals surface area contributed by atoms with Gasteiger partial charge in [0, 0.05) is 38.3 Å². The van der Waals surface area contributed by atoms with Crippen LogP contribution in [0.15, 0.2) is 18.2 Å². The Labute approximate surface area is 129 Å². The lowest BCUT2D eigenvalue weighted by atomic mass is 9.88. The van der Waals surface area contributed by atoms with E-state index in [-0.39, 0.29) is 16.7 Å². The molecule has 0 amide bonds. The summed E-state index contributed by atoms with van der Waals surface area (Å²) in [7, 11) is 0. The van der Waals surface area contributed by atoms with Crippen LogP contribution >= 0.6 is 0 Å². The predicted molar refractivity (Wildman–Crippen MR) is 82.2 cm³/mol. The molecule has 1 aromatic carbocycles. The highest BCUT2D eigenvalue weighted by atomic mass is 19.1. The van der Waals surface area contributed by atoms with E-state index in [4.69, 9.17) is 0 Å². The second-order valence-corrected chi connectivity index (χ2v) is 6.24. The molecule has 1 aromatic rings. The first kappa shape index (κ1) is 15.4. The molecule has 1 N–H and O–H groups in total. The van der Waals surface area contributed by atoms with Crippen LogP contribution < -0.4 is 5.32 Å². The summed E-state index contributed by atoms with van der Waals surface area (Å²) in [5, 5.41) is 14.7. The maximum Gasteiger partial charge on any atom is 0.274 e. The van der Waals surface area contributed by atoms with Crippen molar-refractivity contribution in [3.05, 3.63) is 39.7 Å². The number of hydrogen-bond donors (Lipinski definition) is 1. The third-order valence-corrected chi connectivity index (χ3v) is 4.90. The molecule has 0 radical (unpaired) electrons. The lowest BCUT2D eigenvalue weighted by molar-refractivity contribution is -0.386. The summed E-state index contributed by atoms with van der Waals surface area (Å²) in [4.78, 5) is 13.3. The Morgan fingerprint density at radius 2 is 1.95 bits per heavy atom. The van der Waals surface area contributed by atoms with E-state index < -0.39 is 5.82 Å². The Bertz CT molecular complexity index is 540. The highest BCUT2D eigenvalue weighted by molar-refractivity contribution is 5.43. The van der Waals surface area contributed by atoms with Crippen molar-refractivity contribution in [1.82, 2.24) is 10.2 Å². The molecule has 1 heterocycles. The highest BCUT2D eigenvalue weighted by Gasteiger charge is 2.35. The minimum atomic E-state index is -0.390. The first-order chi connectivity index (χ1) is 10.7. The van der Waals surface area contributed by atoms with Crippen LogP contribution in [0.4, 0.5) is 10.1 Å². The number of rotatable bonds is 4. The fourth-order valence-corrected chi connectivity index (χ4v) is 3.91. The molecule has 22 heavy (non-hydrogen) atoms. The van der Waals surface area contributed by atoms with Gasteiger partial charge in [-0.2, -0.15) is 0 Å². The third-order valence-electron chi connectivity index (χ3n) is 4.90. The van der Waals surface area contributed by atoms with E-state index in [1.807, 2.05) is 0 Å². The molecule has 0 unspecified atom stereocenters. The number of nitro benzene ring substituents is 1. The number of piperazine rings is 1. The van der Waals surface area contributed by atoms with Crippen LogP contribution in [0.5, 0.6) is 0 Å². The summed E-state index contributed by atoms with van der Waals surface area (Å²) < 4.78 is 13.8. The quantitative estimate of drug-likeness (QED) is 0.686. The largest absolute Gasteiger partial charge is 0.314 e. The van der Waals surface area contributed by atoms with Gasteiger partial charge in [0.2, 0.25) is 0 Å². The average molecular weight is 307 g/mol. The second-order valence-electron chi connectivity index (χ2n) is 6.24. The van der Waals surface area contributed by atoms with Crippen LogP contribution in [0.25, 0.3) is 0 Å². The molecule has 0 spiro atoms. The van der Waals surface area contributed by atoms with E-state index in [1.54, 1.807) is 0 Å². The number of nitrogens with one attached hydrogen (secondary N) is 1. The summed E-state index contributed by atoms with van der Waals surface area (Å²) >= 11 is 0. The summed E-state index contributed by atoms with van der Waals surface area (Å²) in [5.74, 6) is -0.00247. The van der Waals surface area contributed by atoms with E-state index in [2.05, 4.69) is 10.2 Å². The molecule has 120 valence electrons. The third kappa shape index (κ3) is 3.13. The van der Waals surface area contributed by atoms with E-state index in [0.717, 1.165) is 51.9 Å². The van der Waals surface area contributed by atoms with E-state index in [1.165, 1.54) is 18.2 Å². The molecule has 1 aliphatic carbocycles.